The third kappa shape index (κ3) is 4.20. The van der Waals surface area contributed by atoms with Crippen LogP contribution in [-0.2, 0) is 20.8 Å². The van der Waals surface area contributed by atoms with Gasteiger partial charge in [0.25, 0.3) is 0 Å². The maximum atomic E-state index is 12.0. The van der Waals surface area contributed by atoms with E-state index < -0.39 is 0 Å². The van der Waals surface area contributed by atoms with Gasteiger partial charge in [0.15, 0.2) is 0 Å². The van der Waals surface area contributed by atoms with Crippen molar-refractivity contribution in [1.29, 1.82) is 0 Å². The molecule has 3 aliphatic heterocycles. The summed E-state index contributed by atoms with van der Waals surface area (Å²) in [7, 11) is 0. The Morgan fingerprint density at radius 1 is 1.26 bits per heavy atom. The molecule has 1 unspecified atom stereocenters. The molecule has 3 saturated heterocycles. The lowest BCUT2D eigenvalue weighted by atomic mass is 9.79. The fraction of sp³-hybridized carbons (Fsp3) is 0.682. The number of hydrogen-bond acceptors (Lipinski definition) is 4. The SMILES string of the molecule is Cc1ccccc1CN1CC2(C1)OCCC2CCOCC(=O)N1CCCC1. The molecular formula is C22H32N2O3. The van der Waals surface area contributed by atoms with Crippen molar-refractivity contribution in [3.05, 3.63) is 35.4 Å². The Kier molecular flexibility index (Phi) is 5.81. The smallest absolute Gasteiger partial charge is 0.248 e. The standard InChI is InChI=1S/C22H32N2O3/c1-18-6-2-3-7-19(18)14-23-16-22(17-23)20(9-13-27-22)8-12-26-15-21(25)24-10-4-5-11-24/h2-3,6-7,20H,4-5,8-17H2,1H3. The molecule has 1 amide bonds. The van der Waals surface area contributed by atoms with Gasteiger partial charge in [0.2, 0.25) is 5.91 Å². The van der Waals surface area contributed by atoms with E-state index in [0.717, 1.165) is 65.0 Å². The summed E-state index contributed by atoms with van der Waals surface area (Å²) < 4.78 is 11.9. The lowest BCUT2D eigenvalue weighted by molar-refractivity contribution is -0.141. The third-order valence-corrected chi connectivity index (χ3v) is 6.53. The predicted molar refractivity (Wildman–Crippen MR) is 104 cm³/mol. The lowest BCUT2D eigenvalue weighted by Gasteiger charge is -2.50. The van der Waals surface area contributed by atoms with Crippen LogP contribution in [0, 0.1) is 12.8 Å². The second-order valence-corrected chi connectivity index (χ2v) is 8.40. The summed E-state index contributed by atoms with van der Waals surface area (Å²) in [5.41, 5.74) is 2.79. The second-order valence-electron chi connectivity index (χ2n) is 8.40. The van der Waals surface area contributed by atoms with Gasteiger partial charge >= 0.3 is 0 Å². The Hall–Kier alpha value is -1.43. The van der Waals surface area contributed by atoms with E-state index in [4.69, 9.17) is 9.47 Å². The first-order chi connectivity index (χ1) is 13.2. The summed E-state index contributed by atoms with van der Waals surface area (Å²) in [5.74, 6) is 0.699. The van der Waals surface area contributed by atoms with Crippen LogP contribution in [-0.4, -0.2) is 67.3 Å². The zero-order chi connectivity index (χ0) is 18.7. The van der Waals surface area contributed by atoms with Gasteiger partial charge in [-0.3, -0.25) is 9.69 Å². The molecule has 148 valence electrons. The quantitative estimate of drug-likeness (QED) is 0.690. The van der Waals surface area contributed by atoms with Gasteiger partial charge in [-0.15, -0.1) is 0 Å². The highest BCUT2D eigenvalue weighted by Crippen LogP contribution is 2.42. The number of carbonyl (C=O) groups excluding carboxylic acids is 1. The molecule has 1 spiro atoms. The Bertz CT molecular complexity index is 651. The van der Waals surface area contributed by atoms with Crippen LogP contribution >= 0.6 is 0 Å². The van der Waals surface area contributed by atoms with Crippen LogP contribution in [0.4, 0.5) is 0 Å². The molecule has 1 aromatic rings. The van der Waals surface area contributed by atoms with E-state index in [1.54, 1.807) is 0 Å². The first-order valence-electron chi connectivity index (χ1n) is 10.4. The first kappa shape index (κ1) is 18.9. The molecule has 0 aromatic heterocycles. The fourth-order valence-electron chi connectivity index (χ4n) is 4.84. The number of aryl methyl sites for hydroxylation is 1. The summed E-state index contributed by atoms with van der Waals surface area (Å²) in [6.07, 6.45) is 4.37. The van der Waals surface area contributed by atoms with Crippen LogP contribution in [0.25, 0.3) is 0 Å². The zero-order valence-corrected chi connectivity index (χ0v) is 16.5. The summed E-state index contributed by atoms with van der Waals surface area (Å²) in [5, 5.41) is 0. The van der Waals surface area contributed by atoms with Crippen LogP contribution in [0.2, 0.25) is 0 Å². The second kappa shape index (κ2) is 8.29. The molecule has 4 rings (SSSR count). The van der Waals surface area contributed by atoms with E-state index in [9.17, 15) is 4.79 Å². The Morgan fingerprint density at radius 2 is 2.04 bits per heavy atom. The molecule has 5 nitrogen and oxygen atoms in total. The highest BCUT2D eigenvalue weighted by atomic mass is 16.5. The van der Waals surface area contributed by atoms with Crippen molar-refractivity contribution in [2.45, 2.75) is 44.8 Å². The number of carbonyl (C=O) groups is 1. The average molecular weight is 373 g/mol. The number of benzene rings is 1. The summed E-state index contributed by atoms with van der Waals surface area (Å²) in [6, 6.07) is 8.62. The number of hydrogen-bond donors (Lipinski definition) is 0. The zero-order valence-electron chi connectivity index (χ0n) is 16.5. The van der Waals surface area contributed by atoms with Crippen LogP contribution in [0.3, 0.4) is 0 Å². The molecule has 27 heavy (non-hydrogen) atoms. The molecule has 1 aromatic carbocycles. The van der Waals surface area contributed by atoms with Crippen molar-refractivity contribution in [1.82, 2.24) is 9.80 Å². The van der Waals surface area contributed by atoms with Gasteiger partial charge in [-0.05, 0) is 49.7 Å². The maximum absolute atomic E-state index is 12.0. The van der Waals surface area contributed by atoms with Crippen molar-refractivity contribution < 1.29 is 14.3 Å². The summed E-state index contributed by atoms with van der Waals surface area (Å²) >= 11 is 0. The topological polar surface area (TPSA) is 42.0 Å². The molecule has 3 aliphatic rings. The van der Waals surface area contributed by atoms with Crippen molar-refractivity contribution in [3.8, 4) is 0 Å². The molecular weight excluding hydrogens is 340 g/mol. The molecule has 3 heterocycles. The van der Waals surface area contributed by atoms with Crippen molar-refractivity contribution in [3.63, 3.8) is 0 Å². The van der Waals surface area contributed by atoms with Crippen LogP contribution < -0.4 is 0 Å². The van der Waals surface area contributed by atoms with Gasteiger partial charge in [-0.1, -0.05) is 24.3 Å². The van der Waals surface area contributed by atoms with Gasteiger partial charge in [-0.2, -0.15) is 0 Å². The number of rotatable bonds is 7. The predicted octanol–water partition coefficient (Wildman–Crippen LogP) is 2.62. The molecule has 0 N–H and O–H groups in total. The van der Waals surface area contributed by atoms with E-state index >= 15 is 0 Å². The van der Waals surface area contributed by atoms with Gasteiger partial charge in [0.1, 0.15) is 6.61 Å². The molecule has 0 bridgehead atoms. The number of nitrogens with zero attached hydrogens (tertiary/aromatic N) is 2. The molecule has 1 atom stereocenters. The number of ether oxygens (including phenoxy) is 2. The first-order valence-corrected chi connectivity index (χ1v) is 10.4. The Labute approximate surface area is 162 Å². The summed E-state index contributed by atoms with van der Waals surface area (Å²) in [6.45, 7) is 8.77. The average Bonchev–Trinajstić information content (AvgIpc) is 3.30. The monoisotopic (exact) mass is 372 g/mol. The van der Waals surface area contributed by atoms with E-state index in [1.807, 2.05) is 4.90 Å². The Balaban J connectivity index is 1.19. The summed E-state index contributed by atoms with van der Waals surface area (Å²) in [4.78, 5) is 16.5. The molecule has 5 heteroatoms. The lowest BCUT2D eigenvalue weighted by Crippen LogP contribution is -2.64. The van der Waals surface area contributed by atoms with E-state index in [1.165, 1.54) is 11.1 Å². The molecule has 0 aliphatic carbocycles. The highest BCUT2D eigenvalue weighted by molar-refractivity contribution is 5.77. The van der Waals surface area contributed by atoms with Gasteiger partial charge < -0.3 is 14.4 Å². The minimum atomic E-state index is 0.0189. The van der Waals surface area contributed by atoms with E-state index in [0.29, 0.717) is 12.5 Å². The number of likely N-dealkylation sites (tertiary alicyclic amines) is 2. The minimum Gasteiger partial charge on any atom is -0.372 e. The van der Waals surface area contributed by atoms with Crippen LogP contribution in [0.1, 0.15) is 36.8 Å². The highest BCUT2D eigenvalue weighted by Gasteiger charge is 2.52. The fourth-order valence-corrected chi connectivity index (χ4v) is 4.84. The van der Waals surface area contributed by atoms with Crippen molar-refractivity contribution >= 4 is 5.91 Å². The molecule has 3 fully saturated rings. The van der Waals surface area contributed by atoms with Gasteiger partial charge in [0, 0.05) is 45.9 Å². The van der Waals surface area contributed by atoms with Crippen LogP contribution in [0.5, 0.6) is 0 Å². The maximum Gasteiger partial charge on any atom is 0.248 e. The van der Waals surface area contributed by atoms with Gasteiger partial charge in [0.05, 0.1) is 5.60 Å². The minimum absolute atomic E-state index is 0.0189. The van der Waals surface area contributed by atoms with E-state index in [-0.39, 0.29) is 18.1 Å². The largest absolute Gasteiger partial charge is 0.372 e. The third-order valence-electron chi connectivity index (χ3n) is 6.53. The van der Waals surface area contributed by atoms with Crippen molar-refractivity contribution in [2.75, 3.05) is 46.0 Å². The normalized spacial score (nSPS) is 24.5. The molecule has 0 radical (unpaired) electrons. The molecule has 0 saturated carbocycles. The van der Waals surface area contributed by atoms with Gasteiger partial charge in [-0.25, -0.2) is 0 Å². The van der Waals surface area contributed by atoms with E-state index in [2.05, 4.69) is 36.1 Å². The van der Waals surface area contributed by atoms with Crippen molar-refractivity contribution in [2.24, 2.45) is 5.92 Å². The Morgan fingerprint density at radius 3 is 2.81 bits per heavy atom. The van der Waals surface area contributed by atoms with Crippen LogP contribution in [0.15, 0.2) is 24.3 Å². The number of amides is 1.